The molecule has 1 aromatic rings. The van der Waals surface area contributed by atoms with Crippen molar-refractivity contribution in [3.05, 3.63) is 27.8 Å². The van der Waals surface area contributed by atoms with Crippen LogP contribution in [0.3, 0.4) is 0 Å². The van der Waals surface area contributed by atoms with E-state index in [1.54, 1.807) is 5.01 Å². The molecule has 0 amide bonds. The lowest BCUT2D eigenvalue weighted by molar-refractivity contribution is 0.569. The van der Waals surface area contributed by atoms with E-state index in [-0.39, 0.29) is 5.50 Å². The fourth-order valence-corrected chi connectivity index (χ4v) is 2.00. The van der Waals surface area contributed by atoms with Gasteiger partial charge in [-0.05, 0) is 58.6 Å². The van der Waals surface area contributed by atoms with Crippen LogP contribution in [-0.2, 0) is 4.79 Å². The van der Waals surface area contributed by atoms with Crippen molar-refractivity contribution in [3.8, 4) is 0 Å². The molecule has 1 aliphatic heterocycles. The SMILES string of the molecule is O=CSC1N=NNN1c1ccc(I)cc1. The summed E-state index contributed by atoms with van der Waals surface area (Å²) in [6.07, 6.45) is 0. The number of carbonyl (C=O) groups excluding carboxylic acids is 1. The Morgan fingerprint density at radius 1 is 1.47 bits per heavy atom. The molecular weight excluding hydrogens is 327 g/mol. The number of hydrogen-bond donors (Lipinski definition) is 1. The number of benzene rings is 1. The molecule has 1 heterocycles. The normalized spacial score (nSPS) is 19.0. The number of anilines is 1. The van der Waals surface area contributed by atoms with Crippen molar-refractivity contribution < 1.29 is 4.79 Å². The molecular formula is C8H7IN4OS. The zero-order valence-corrected chi connectivity index (χ0v) is 10.5. The molecule has 15 heavy (non-hydrogen) atoms. The molecule has 7 heteroatoms. The van der Waals surface area contributed by atoms with Crippen LogP contribution >= 0.6 is 34.4 Å². The first kappa shape index (κ1) is 10.7. The second-order valence-corrected chi connectivity index (χ2v) is 4.85. The molecule has 0 aliphatic carbocycles. The van der Waals surface area contributed by atoms with Crippen LogP contribution < -0.4 is 10.5 Å². The largest absolute Gasteiger partial charge is 0.291 e. The first-order valence-corrected chi connectivity index (χ1v) is 6.13. The summed E-state index contributed by atoms with van der Waals surface area (Å²) in [7, 11) is 0. The van der Waals surface area contributed by atoms with Gasteiger partial charge in [-0.2, -0.15) is 5.53 Å². The fourth-order valence-electron chi connectivity index (χ4n) is 1.15. The molecule has 1 N–H and O–H groups in total. The monoisotopic (exact) mass is 334 g/mol. The summed E-state index contributed by atoms with van der Waals surface area (Å²) in [6, 6.07) is 7.87. The lowest BCUT2D eigenvalue weighted by Crippen LogP contribution is -2.35. The number of nitrogens with zero attached hydrogens (tertiary/aromatic N) is 3. The minimum atomic E-state index is -0.317. The van der Waals surface area contributed by atoms with Crippen molar-refractivity contribution in [3.63, 3.8) is 0 Å². The van der Waals surface area contributed by atoms with Gasteiger partial charge in [0.25, 0.3) is 0 Å². The van der Waals surface area contributed by atoms with Crippen molar-refractivity contribution in [2.45, 2.75) is 5.50 Å². The smallest absolute Gasteiger partial charge is 0.217 e. The van der Waals surface area contributed by atoms with E-state index >= 15 is 0 Å². The molecule has 0 saturated heterocycles. The first-order valence-electron chi connectivity index (χ1n) is 4.10. The van der Waals surface area contributed by atoms with Crippen LogP contribution in [-0.4, -0.2) is 11.1 Å². The maximum absolute atomic E-state index is 10.4. The van der Waals surface area contributed by atoms with Crippen molar-refractivity contribution in [1.29, 1.82) is 0 Å². The van der Waals surface area contributed by atoms with E-state index in [1.807, 2.05) is 24.3 Å². The van der Waals surface area contributed by atoms with Crippen LogP contribution in [0.2, 0.25) is 0 Å². The number of rotatable bonds is 3. The fraction of sp³-hybridized carbons (Fsp3) is 0.125. The lowest BCUT2D eigenvalue weighted by Gasteiger charge is -2.20. The summed E-state index contributed by atoms with van der Waals surface area (Å²) >= 11 is 3.30. The van der Waals surface area contributed by atoms with Crippen LogP contribution in [0.1, 0.15) is 0 Å². The number of carbonyl (C=O) groups is 1. The lowest BCUT2D eigenvalue weighted by atomic mass is 10.3. The predicted molar refractivity (Wildman–Crippen MR) is 67.8 cm³/mol. The van der Waals surface area contributed by atoms with Gasteiger partial charge < -0.3 is 0 Å². The van der Waals surface area contributed by atoms with Crippen molar-refractivity contribution in [2.75, 3.05) is 5.01 Å². The van der Waals surface area contributed by atoms with Crippen LogP contribution in [0, 0.1) is 3.57 Å². The Morgan fingerprint density at radius 2 is 2.20 bits per heavy atom. The molecule has 1 unspecified atom stereocenters. The number of thioether (sulfide) groups is 1. The average molecular weight is 334 g/mol. The van der Waals surface area contributed by atoms with Gasteiger partial charge in [0.05, 0.1) is 5.69 Å². The Kier molecular flexibility index (Phi) is 3.41. The highest BCUT2D eigenvalue weighted by Crippen LogP contribution is 2.25. The summed E-state index contributed by atoms with van der Waals surface area (Å²) in [5.74, 6) is 0. The summed E-state index contributed by atoms with van der Waals surface area (Å²) < 4.78 is 1.16. The summed E-state index contributed by atoms with van der Waals surface area (Å²) in [5.41, 5.74) is 4.11. The van der Waals surface area contributed by atoms with E-state index in [4.69, 9.17) is 0 Å². The molecule has 1 aromatic carbocycles. The van der Waals surface area contributed by atoms with Crippen molar-refractivity contribution >= 4 is 45.7 Å². The van der Waals surface area contributed by atoms with Crippen molar-refractivity contribution in [1.82, 2.24) is 5.53 Å². The van der Waals surface area contributed by atoms with Crippen LogP contribution in [0.25, 0.3) is 0 Å². The van der Waals surface area contributed by atoms with Crippen molar-refractivity contribution in [2.24, 2.45) is 10.3 Å². The second kappa shape index (κ2) is 4.79. The molecule has 2 rings (SSSR count). The average Bonchev–Trinajstić information content (AvgIpc) is 2.68. The molecule has 0 radical (unpaired) electrons. The molecule has 0 saturated carbocycles. The van der Waals surface area contributed by atoms with E-state index < -0.39 is 0 Å². The number of hydrogen-bond acceptors (Lipinski definition) is 6. The van der Waals surface area contributed by atoms with Gasteiger partial charge in [-0.25, -0.2) is 5.01 Å². The van der Waals surface area contributed by atoms with Gasteiger partial charge in [-0.1, -0.05) is 5.22 Å². The Labute approximate surface area is 104 Å². The molecule has 78 valence electrons. The van der Waals surface area contributed by atoms with E-state index in [0.29, 0.717) is 0 Å². The third-order valence-electron chi connectivity index (χ3n) is 1.81. The number of nitrogens with one attached hydrogen (secondary N) is 1. The molecule has 5 nitrogen and oxygen atoms in total. The topological polar surface area (TPSA) is 57.1 Å². The second-order valence-electron chi connectivity index (χ2n) is 2.72. The third-order valence-corrected chi connectivity index (χ3v) is 3.19. The van der Waals surface area contributed by atoms with Gasteiger partial charge in [0.15, 0.2) is 5.62 Å². The maximum Gasteiger partial charge on any atom is 0.217 e. The van der Waals surface area contributed by atoms with Gasteiger partial charge in [-0.15, -0.1) is 5.11 Å². The molecule has 0 fully saturated rings. The van der Waals surface area contributed by atoms with Crippen LogP contribution in [0.15, 0.2) is 34.6 Å². The third kappa shape index (κ3) is 2.40. The maximum atomic E-state index is 10.4. The molecule has 0 bridgehead atoms. The summed E-state index contributed by atoms with van der Waals surface area (Å²) in [6.45, 7) is 0. The standard InChI is InChI=1S/C8H7IN4OS/c9-6-1-3-7(4-2-6)13-8(15-5-14)10-11-12-13/h1-5,8H,(H,10,12). The number of halogens is 1. The zero-order chi connectivity index (χ0) is 10.7. The van der Waals surface area contributed by atoms with Gasteiger partial charge in [0.2, 0.25) is 5.50 Å². The Balaban J connectivity index is 2.16. The van der Waals surface area contributed by atoms with E-state index in [1.165, 1.54) is 0 Å². The summed E-state index contributed by atoms with van der Waals surface area (Å²) in [4.78, 5) is 10.4. The van der Waals surface area contributed by atoms with E-state index in [2.05, 4.69) is 38.5 Å². The Morgan fingerprint density at radius 3 is 2.87 bits per heavy atom. The zero-order valence-electron chi connectivity index (χ0n) is 7.50. The first-order chi connectivity index (χ1) is 7.31. The highest BCUT2D eigenvalue weighted by Gasteiger charge is 2.23. The van der Waals surface area contributed by atoms with E-state index in [0.717, 1.165) is 26.6 Å². The van der Waals surface area contributed by atoms with Gasteiger partial charge >= 0.3 is 0 Å². The van der Waals surface area contributed by atoms with Gasteiger partial charge in [0.1, 0.15) is 0 Å². The highest BCUT2D eigenvalue weighted by molar-refractivity contribution is 14.1. The van der Waals surface area contributed by atoms with Crippen LogP contribution in [0.4, 0.5) is 5.69 Å². The van der Waals surface area contributed by atoms with Gasteiger partial charge in [-0.3, -0.25) is 4.79 Å². The molecule has 0 aromatic heterocycles. The molecule has 1 atom stereocenters. The predicted octanol–water partition coefficient (Wildman–Crippen LogP) is 2.19. The van der Waals surface area contributed by atoms with Gasteiger partial charge in [0, 0.05) is 3.57 Å². The van der Waals surface area contributed by atoms with Crippen LogP contribution in [0.5, 0.6) is 0 Å². The minimum absolute atomic E-state index is 0.317. The summed E-state index contributed by atoms with van der Waals surface area (Å²) in [5, 5.41) is 9.29. The Bertz CT molecular complexity index is 383. The quantitative estimate of drug-likeness (QED) is 0.680. The molecule has 0 spiro atoms. The molecule has 1 aliphatic rings. The minimum Gasteiger partial charge on any atom is -0.291 e. The Hall–Kier alpha value is -0.830. The van der Waals surface area contributed by atoms with E-state index in [9.17, 15) is 4.79 Å². The highest BCUT2D eigenvalue weighted by atomic mass is 127. The number of hydrazine groups is 1.